The van der Waals surface area contributed by atoms with Crippen molar-refractivity contribution < 1.29 is 19.5 Å². The summed E-state index contributed by atoms with van der Waals surface area (Å²) < 4.78 is 0.788. The van der Waals surface area contributed by atoms with Gasteiger partial charge in [0.05, 0.1) is 34.7 Å². The molecule has 2 bridgehead atoms. The molecule has 4 heterocycles. The molecule has 1 aromatic heterocycles. The second-order valence-electron chi connectivity index (χ2n) is 12.2. The molecular formula is C34H39BrN6O4S. The van der Waals surface area contributed by atoms with Crippen molar-refractivity contribution in [3.63, 3.8) is 0 Å². The van der Waals surface area contributed by atoms with Crippen molar-refractivity contribution in [3.05, 3.63) is 85.5 Å². The molecule has 0 saturated carbocycles. The molecule has 3 unspecified atom stereocenters. The predicted octanol–water partition coefficient (Wildman–Crippen LogP) is 4.03. The van der Waals surface area contributed by atoms with E-state index in [1.54, 1.807) is 43.3 Å². The number of aliphatic hydroxyl groups excluding tert-OH is 1. The van der Waals surface area contributed by atoms with E-state index in [0.717, 1.165) is 17.5 Å². The summed E-state index contributed by atoms with van der Waals surface area (Å²) >= 11 is 5.46. The topological polar surface area (TPSA) is 112 Å². The first-order valence-electron chi connectivity index (χ1n) is 15.7. The first kappa shape index (κ1) is 32.5. The fraction of sp³-hybridized carbons (Fsp3) is 0.441. The zero-order valence-electron chi connectivity index (χ0n) is 25.8. The smallest absolute Gasteiger partial charge is 0.248 e. The number of fused-ring (bicyclic) bond motifs is 2. The van der Waals surface area contributed by atoms with Gasteiger partial charge in [0.2, 0.25) is 17.7 Å². The minimum atomic E-state index is -0.941. The monoisotopic (exact) mass is 706 g/mol. The Morgan fingerprint density at radius 2 is 1.80 bits per heavy atom. The van der Waals surface area contributed by atoms with E-state index in [-0.39, 0.29) is 47.6 Å². The summed E-state index contributed by atoms with van der Waals surface area (Å²) in [6.45, 7) is 10.7. The molecule has 3 aromatic rings. The zero-order chi connectivity index (χ0) is 32.6. The number of para-hydroxylation sites is 1. The second-order valence-corrected chi connectivity index (χ2v) is 14.9. The SMILES string of the molecule is C=CCN(Cn1nnc2ccccc21)C(=O)C1N([C@H](CO)c2ccccc2)C(=O)[C@@H]2[C@@H](C(=O)N(CC=C)CCC)[C@@H]3SC12CC3Br. The molecule has 1 N–H and O–H groups in total. The lowest BCUT2D eigenvalue weighted by atomic mass is 9.70. The number of halogens is 1. The van der Waals surface area contributed by atoms with Crippen LogP contribution in [0.2, 0.25) is 0 Å². The molecule has 2 aromatic carbocycles. The van der Waals surface area contributed by atoms with Gasteiger partial charge in [-0.05, 0) is 30.5 Å². The van der Waals surface area contributed by atoms with Crippen molar-refractivity contribution in [1.82, 2.24) is 29.7 Å². The first-order valence-corrected chi connectivity index (χ1v) is 17.5. The summed E-state index contributed by atoms with van der Waals surface area (Å²) in [5.41, 5.74) is 2.21. The summed E-state index contributed by atoms with van der Waals surface area (Å²) in [6, 6.07) is 15.1. The van der Waals surface area contributed by atoms with Crippen molar-refractivity contribution in [2.24, 2.45) is 11.8 Å². The zero-order valence-corrected chi connectivity index (χ0v) is 28.2. The van der Waals surface area contributed by atoms with E-state index in [1.807, 2.05) is 61.5 Å². The van der Waals surface area contributed by atoms with E-state index >= 15 is 4.79 Å². The van der Waals surface area contributed by atoms with Gasteiger partial charge >= 0.3 is 0 Å². The lowest BCUT2D eigenvalue weighted by Crippen LogP contribution is -2.56. The van der Waals surface area contributed by atoms with Crippen molar-refractivity contribution in [2.75, 3.05) is 26.2 Å². The number of aliphatic hydroxyl groups is 1. The number of benzene rings is 2. The Labute approximate surface area is 281 Å². The maximum Gasteiger partial charge on any atom is 0.248 e. The van der Waals surface area contributed by atoms with Gasteiger partial charge in [-0.1, -0.05) is 82.7 Å². The van der Waals surface area contributed by atoms with E-state index in [2.05, 4.69) is 39.4 Å². The molecule has 7 atom stereocenters. The minimum Gasteiger partial charge on any atom is -0.394 e. The van der Waals surface area contributed by atoms with Crippen LogP contribution in [-0.2, 0) is 21.1 Å². The van der Waals surface area contributed by atoms with Gasteiger partial charge in [0.15, 0.2) is 0 Å². The minimum absolute atomic E-state index is 0.0747. The average molecular weight is 708 g/mol. The molecule has 0 aliphatic carbocycles. The van der Waals surface area contributed by atoms with Crippen molar-refractivity contribution in [3.8, 4) is 0 Å². The number of likely N-dealkylation sites (tertiary alicyclic amines) is 1. The molecular weight excluding hydrogens is 668 g/mol. The molecule has 12 heteroatoms. The van der Waals surface area contributed by atoms with E-state index in [9.17, 15) is 14.7 Å². The van der Waals surface area contributed by atoms with Gasteiger partial charge in [-0.25, -0.2) is 4.68 Å². The number of nitrogens with zero attached hydrogens (tertiary/aromatic N) is 6. The van der Waals surface area contributed by atoms with Gasteiger partial charge < -0.3 is 19.8 Å². The van der Waals surface area contributed by atoms with Gasteiger partial charge in [-0.2, -0.15) is 0 Å². The van der Waals surface area contributed by atoms with Crippen LogP contribution in [0.15, 0.2) is 79.9 Å². The van der Waals surface area contributed by atoms with Crippen LogP contribution in [0.4, 0.5) is 0 Å². The highest BCUT2D eigenvalue weighted by atomic mass is 79.9. The molecule has 3 fully saturated rings. The normalized spacial score (nSPS) is 27.1. The van der Waals surface area contributed by atoms with Crippen LogP contribution in [0.1, 0.15) is 31.4 Å². The molecule has 242 valence electrons. The lowest BCUT2D eigenvalue weighted by molar-refractivity contribution is -0.147. The third kappa shape index (κ3) is 5.28. The largest absolute Gasteiger partial charge is 0.394 e. The Morgan fingerprint density at radius 3 is 2.50 bits per heavy atom. The van der Waals surface area contributed by atoms with E-state index in [4.69, 9.17) is 0 Å². The lowest BCUT2D eigenvalue weighted by Gasteiger charge is -2.40. The maximum absolute atomic E-state index is 15.1. The summed E-state index contributed by atoms with van der Waals surface area (Å²) in [7, 11) is 0. The van der Waals surface area contributed by atoms with Crippen LogP contribution in [0.25, 0.3) is 11.0 Å². The highest BCUT2D eigenvalue weighted by Crippen LogP contribution is 2.68. The Morgan fingerprint density at radius 1 is 1.11 bits per heavy atom. The Balaban J connectivity index is 1.46. The van der Waals surface area contributed by atoms with Crippen LogP contribution < -0.4 is 0 Å². The summed E-state index contributed by atoms with van der Waals surface area (Å²) in [6.07, 6.45) is 4.67. The highest BCUT2D eigenvalue weighted by Gasteiger charge is 2.76. The molecule has 0 radical (unpaired) electrons. The summed E-state index contributed by atoms with van der Waals surface area (Å²) in [5, 5.41) is 19.3. The van der Waals surface area contributed by atoms with Crippen LogP contribution in [0, 0.1) is 11.8 Å². The summed E-state index contributed by atoms with van der Waals surface area (Å²) in [4.78, 5) is 49.2. The molecule has 3 saturated heterocycles. The van der Waals surface area contributed by atoms with Gasteiger partial charge in [0, 0.05) is 29.7 Å². The number of hydrogen-bond acceptors (Lipinski definition) is 7. The number of aromatic nitrogens is 3. The predicted molar refractivity (Wildman–Crippen MR) is 182 cm³/mol. The van der Waals surface area contributed by atoms with E-state index in [1.165, 1.54) is 0 Å². The third-order valence-corrected chi connectivity index (χ3v) is 12.7. The molecule has 3 aliphatic heterocycles. The second kappa shape index (κ2) is 13.3. The number of hydrogen-bond donors (Lipinski definition) is 1. The number of amides is 3. The number of carbonyl (C=O) groups is 3. The first-order chi connectivity index (χ1) is 22.3. The van der Waals surface area contributed by atoms with Gasteiger partial charge in [0.1, 0.15) is 18.2 Å². The Kier molecular flexibility index (Phi) is 9.40. The van der Waals surface area contributed by atoms with Crippen LogP contribution in [-0.4, -0.2) is 99.6 Å². The van der Waals surface area contributed by atoms with Crippen LogP contribution in [0.3, 0.4) is 0 Å². The number of carbonyl (C=O) groups excluding carboxylic acids is 3. The Bertz CT molecular complexity index is 1640. The average Bonchev–Trinajstić information content (AvgIpc) is 3.78. The highest BCUT2D eigenvalue weighted by molar-refractivity contribution is 9.09. The number of alkyl halides is 1. The van der Waals surface area contributed by atoms with E-state index in [0.29, 0.717) is 25.0 Å². The standard InChI is InChI=1S/C34H39BrN6O4S/c1-4-16-38(17-5-2)31(43)27-28-32(44)41(26(20-42)22-12-8-7-9-13-22)30(34(28)19-23(35)29(27)46-34)33(45)39(18-6-3)21-40-25-15-11-10-14-24(25)36-37-40/h4,6-15,23,26-30,42H,1,3,5,16-21H2,2H3/t23?,26-,27-,28+,29-,30?,34?/m1/s1. The fourth-order valence-electron chi connectivity index (χ4n) is 7.65. The molecule has 6 rings (SSSR count). The summed E-state index contributed by atoms with van der Waals surface area (Å²) in [5.74, 6) is -1.98. The molecule has 1 spiro atoms. The van der Waals surface area contributed by atoms with Crippen molar-refractivity contribution in [1.29, 1.82) is 0 Å². The molecule has 3 aliphatic rings. The Hall–Kier alpha value is -3.48. The van der Waals surface area contributed by atoms with Gasteiger partial charge in [0.25, 0.3) is 0 Å². The molecule has 46 heavy (non-hydrogen) atoms. The van der Waals surface area contributed by atoms with Crippen molar-refractivity contribution >= 4 is 56.4 Å². The maximum atomic E-state index is 15.1. The number of rotatable bonds is 13. The van der Waals surface area contributed by atoms with E-state index < -0.39 is 28.7 Å². The molecule has 10 nitrogen and oxygen atoms in total. The van der Waals surface area contributed by atoms with Crippen LogP contribution >= 0.6 is 27.7 Å². The molecule has 3 amide bonds. The van der Waals surface area contributed by atoms with Crippen LogP contribution in [0.5, 0.6) is 0 Å². The number of thioether (sulfide) groups is 1. The fourth-order valence-corrected chi connectivity index (χ4v) is 11.2. The van der Waals surface area contributed by atoms with Crippen molar-refractivity contribution in [2.45, 2.75) is 53.3 Å². The third-order valence-electron chi connectivity index (χ3n) is 9.48. The van der Waals surface area contributed by atoms with Gasteiger partial charge in [-0.15, -0.1) is 30.0 Å². The quantitative estimate of drug-likeness (QED) is 0.211. The van der Waals surface area contributed by atoms with Gasteiger partial charge in [-0.3, -0.25) is 14.4 Å².